The Hall–Kier alpha value is -2.01. The number of nitrogen functional groups attached to an aromatic ring is 1. The van der Waals surface area contributed by atoms with E-state index in [9.17, 15) is 9.18 Å². The summed E-state index contributed by atoms with van der Waals surface area (Å²) in [5.74, 6) is -0.528. The number of carbonyl (C=O) groups is 1. The van der Waals surface area contributed by atoms with Crippen LogP contribution in [0.15, 0.2) is 41.3 Å². The molecule has 0 aliphatic carbocycles. The fourth-order valence-corrected chi connectivity index (χ4v) is 2.72. The lowest BCUT2D eigenvalue weighted by Gasteiger charge is -2.08. The minimum Gasteiger partial charge on any atom is -0.398 e. The lowest BCUT2D eigenvalue weighted by molar-refractivity contribution is 0.1000. The first-order valence-electron chi connectivity index (χ1n) is 6.04. The van der Waals surface area contributed by atoms with Gasteiger partial charge in [-0.3, -0.25) is 4.79 Å². The van der Waals surface area contributed by atoms with E-state index < -0.39 is 5.91 Å². The molecule has 0 aromatic heterocycles. The number of rotatable bonds is 4. The van der Waals surface area contributed by atoms with Crippen molar-refractivity contribution in [3.8, 4) is 0 Å². The molecule has 0 saturated heterocycles. The summed E-state index contributed by atoms with van der Waals surface area (Å²) in [5, 5.41) is 0. The molecule has 4 N–H and O–H groups in total. The van der Waals surface area contributed by atoms with Crippen LogP contribution in [0.25, 0.3) is 0 Å². The highest BCUT2D eigenvalue weighted by Gasteiger charge is 2.08. The van der Waals surface area contributed by atoms with Crippen molar-refractivity contribution in [2.75, 3.05) is 5.73 Å². The van der Waals surface area contributed by atoms with Crippen molar-refractivity contribution in [1.82, 2.24) is 0 Å². The van der Waals surface area contributed by atoms with Gasteiger partial charge in [0.25, 0.3) is 0 Å². The van der Waals surface area contributed by atoms with E-state index in [1.165, 1.54) is 30.0 Å². The number of nitrogens with two attached hydrogens (primary N) is 2. The van der Waals surface area contributed by atoms with E-state index in [4.69, 9.17) is 11.5 Å². The number of carbonyl (C=O) groups excluding carboxylic acids is 1. The summed E-state index contributed by atoms with van der Waals surface area (Å²) in [7, 11) is 0. The van der Waals surface area contributed by atoms with E-state index in [0.29, 0.717) is 22.6 Å². The van der Waals surface area contributed by atoms with Crippen molar-refractivity contribution in [3.63, 3.8) is 0 Å². The van der Waals surface area contributed by atoms with Gasteiger partial charge in [0.2, 0.25) is 5.91 Å². The summed E-state index contributed by atoms with van der Waals surface area (Å²) >= 11 is 1.43. The van der Waals surface area contributed by atoms with Crippen LogP contribution >= 0.6 is 11.8 Å². The molecule has 2 rings (SSSR count). The van der Waals surface area contributed by atoms with E-state index in [0.717, 1.165) is 10.5 Å². The molecular formula is C15H15FN2OS. The molecule has 104 valence electrons. The average Bonchev–Trinajstić information content (AvgIpc) is 2.39. The second-order valence-electron chi connectivity index (χ2n) is 4.50. The van der Waals surface area contributed by atoms with Gasteiger partial charge in [0.05, 0.1) is 0 Å². The van der Waals surface area contributed by atoms with Gasteiger partial charge in [0, 0.05) is 21.9 Å². The van der Waals surface area contributed by atoms with E-state index in [1.807, 2.05) is 25.1 Å². The molecule has 0 aliphatic rings. The largest absolute Gasteiger partial charge is 0.398 e. The molecule has 0 atom stereocenters. The smallest absolute Gasteiger partial charge is 0.248 e. The molecule has 2 aromatic rings. The number of amides is 1. The first kappa shape index (κ1) is 14.4. The summed E-state index contributed by atoms with van der Waals surface area (Å²) in [4.78, 5) is 12.0. The predicted molar refractivity (Wildman–Crippen MR) is 80.1 cm³/mol. The normalized spacial score (nSPS) is 10.5. The van der Waals surface area contributed by atoms with Gasteiger partial charge in [0.15, 0.2) is 0 Å². The number of hydrogen-bond donors (Lipinski definition) is 2. The van der Waals surface area contributed by atoms with Gasteiger partial charge in [-0.25, -0.2) is 4.39 Å². The van der Waals surface area contributed by atoms with Crippen molar-refractivity contribution in [2.45, 2.75) is 17.6 Å². The fourth-order valence-electron chi connectivity index (χ4n) is 1.79. The summed E-state index contributed by atoms with van der Waals surface area (Å²) in [6.07, 6.45) is 0. The highest BCUT2D eigenvalue weighted by atomic mass is 32.2. The monoisotopic (exact) mass is 290 g/mol. The second-order valence-corrected chi connectivity index (χ2v) is 5.52. The Morgan fingerprint density at radius 2 is 2.00 bits per heavy atom. The first-order chi connectivity index (χ1) is 9.47. The van der Waals surface area contributed by atoms with Gasteiger partial charge in [-0.2, -0.15) is 0 Å². The third-order valence-electron chi connectivity index (χ3n) is 2.88. The maximum absolute atomic E-state index is 13.7. The zero-order chi connectivity index (χ0) is 14.7. The van der Waals surface area contributed by atoms with Crippen LogP contribution in [-0.4, -0.2) is 5.91 Å². The molecule has 0 heterocycles. The molecule has 0 bridgehead atoms. The Morgan fingerprint density at radius 3 is 2.65 bits per heavy atom. The summed E-state index contributed by atoms with van der Waals surface area (Å²) < 4.78 is 13.7. The minimum atomic E-state index is -0.564. The molecule has 0 radical (unpaired) electrons. The Balaban J connectivity index is 2.18. The molecule has 1 amide bonds. The molecule has 5 heteroatoms. The number of anilines is 1. The number of thioether (sulfide) groups is 1. The number of benzene rings is 2. The van der Waals surface area contributed by atoms with Crippen molar-refractivity contribution in [2.24, 2.45) is 5.73 Å². The van der Waals surface area contributed by atoms with Crippen LogP contribution in [-0.2, 0) is 5.75 Å². The van der Waals surface area contributed by atoms with Crippen LogP contribution in [0, 0.1) is 12.7 Å². The maximum atomic E-state index is 13.7. The van der Waals surface area contributed by atoms with Crippen molar-refractivity contribution in [1.29, 1.82) is 0 Å². The summed E-state index contributed by atoms with van der Waals surface area (Å²) in [6.45, 7) is 1.96. The molecule has 0 unspecified atom stereocenters. The van der Waals surface area contributed by atoms with Crippen LogP contribution in [0.2, 0.25) is 0 Å². The standard InChI is InChI=1S/C15H15FN2OS/c1-9-2-5-14(13(17)6-9)20-8-11-7-10(15(18)19)3-4-12(11)16/h2-7H,8,17H2,1H3,(H2,18,19). The van der Waals surface area contributed by atoms with Crippen molar-refractivity contribution < 1.29 is 9.18 Å². The van der Waals surface area contributed by atoms with Crippen LogP contribution in [0.5, 0.6) is 0 Å². The Labute approximate surface area is 121 Å². The number of hydrogen-bond acceptors (Lipinski definition) is 3. The van der Waals surface area contributed by atoms with E-state index >= 15 is 0 Å². The molecule has 3 nitrogen and oxygen atoms in total. The lowest BCUT2D eigenvalue weighted by Crippen LogP contribution is -2.11. The minimum absolute atomic E-state index is 0.305. The van der Waals surface area contributed by atoms with E-state index in [-0.39, 0.29) is 5.82 Å². The molecule has 0 fully saturated rings. The molecule has 0 spiro atoms. The van der Waals surface area contributed by atoms with Crippen molar-refractivity contribution >= 4 is 23.4 Å². The number of halogens is 1. The number of primary amides is 1. The fraction of sp³-hybridized carbons (Fsp3) is 0.133. The van der Waals surface area contributed by atoms with Crippen molar-refractivity contribution in [3.05, 3.63) is 58.9 Å². The summed E-state index contributed by atoms with van der Waals surface area (Å²) in [5.41, 5.74) is 13.6. The van der Waals surface area contributed by atoms with E-state index in [1.54, 1.807) is 0 Å². The van der Waals surface area contributed by atoms with Gasteiger partial charge in [-0.1, -0.05) is 6.07 Å². The average molecular weight is 290 g/mol. The second kappa shape index (κ2) is 5.96. The topological polar surface area (TPSA) is 69.1 Å². The van der Waals surface area contributed by atoms with E-state index in [2.05, 4.69) is 0 Å². The van der Waals surface area contributed by atoms with Gasteiger partial charge in [0.1, 0.15) is 5.82 Å². The lowest BCUT2D eigenvalue weighted by atomic mass is 10.1. The molecule has 0 saturated carbocycles. The van der Waals surface area contributed by atoms with Gasteiger partial charge < -0.3 is 11.5 Å². The molecule has 2 aromatic carbocycles. The van der Waals surface area contributed by atoms with Gasteiger partial charge >= 0.3 is 0 Å². The van der Waals surface area contributed by atoms with Crippen LogP contribution in [0.3, 0.4) is 0 Å². The first-order valence-corrected chi connectivity index (χ1v) is 7.03. The highest BCUT2D eigenvalue weighted by molar-refractivity contribution is 7.98. The van der Waals surface area contributed by atoms with Crippen LogP contribution in [0.4, 0.5) is 10.1 Å². The van der Waals surface area contributed by atoms with Gasteiger partial charge in [-0.05, 0) is 48.4 Å². The Bertz CT molecular complexity index is 658. The molecular weight excluding hydrogens is 275 g/mol. The Kier molecular flexibility index (Phi) is 4.29. The third-order valence-corrected chi connectivity index (χ3v) is 4.02. The van der Waals surface area contributed by atoms with Crippen LogP contribution in [0.1, 0.15) is 21.5 Å². The molecule has 20 heavy (non-hydrogen) atoms. The van der Waals surface area contributed by atoms with Gasteiger partial charge in [-0.15, -0.1) is 11.8 Å². The van der Waals surface area contributed by atoms with Crippen LogP contribution < -0.4 is 11.5 Å². The summed E-state index contributed by atoms with van der Waals surface area (Å²) in [6, 6.07) is 9.86. The third kappa shape index (κ3) is 3.30. The SMILES string of the molecule is Cc1ccc(SCc2cc(C(N)=O)ccc2F)c(N)c1. The quantitative estimate of drug-likeness (QED) is 0.671. The Morgan fingerprint density at radius 1 is 1.25 bits per heavy atom. The number of aryl methyl sites for hydroxylation is 1. The zero-order valence-corrected chi connectivity index (χ0v) is 11.8. The maximum Gasteiger partial charge on any atom is 0.248 e. The predicted octanol–water partition coefficient (Wildman–Crippen LogP) is 3.11. The molecule has 0 aliphatic heterocycles. The zero-order valence-electron chi connectivity index (χ0n) is 11.0. The highest BCUT2D eigenvalue weighted by Crippen LogP contribution is 2.29.